The van der Waals surface area contributed by atoms with Gasteiger partial charge in [-0.1, -0.05) is 6.92 Å². The summed E-state index contributed by atoms with van der Waals surface area (Å²) in [5, 5.41) is 45.1. The minimum Gasteiger partial charge on any atom is -0.510 e. The fourth-order valence-electron chi connectivity index (χ4n) is 7.05. The number of phenolic OH excluding ortho intramolecular Hbond substituents is 1. The van der Waals surface area contributed by atoms with Gasteiger partial charge in [0.2, 0.25) is 5.78 Å². The summed E-state index contributed by atoms with van der Waals surface area (Å²) in [6, 6.07) is -0.890. The van der Waals surface area contributed by atoms with E-state index in [1.165, 1.54) is 4.90 Å². The zero-order chi connectivity index (χ0) is 28.7. The first-order chi connectivity index (χ1) is 18.3. The van der Waals surface area contributed by atoms with Crippen LogP contribution in [0.15, 0.2) is 22.7 Å². The Morgan fingerprint density at radius 2 is 1.87 bits per heavy atom. The predicted octanol–water partition coefficient (Wildman–Crippen LogP) is 1.42. The molecule has 1 amide bonds. The van der Waals surface area contributed by atoms with Gasteiger partial charge < -0.3 is 26.2 Å². The quantitative estimate of drug-likeness (QED) is 0.353. The average molecular weight is 544 g/mol. The van der Waals surface area contributed by atoms with Gasteiger partial charge in [-0.25, -0.2) is 4.39 Å². The Balaban J connectivity index is 1.68. The van der Waals surface area contributed by atoms with Crippen LogP contribution in [0.4, 0.5) is 4.39 Å². The number of nitrogens with zero attached hydrogens (tertiary/aromatic N) is 2. The van der Waals surface area contributed by atoms with Crippen LogP contribution in [0, 0.1) is 17.7 Å². The number of aliphatic hydroxyl groups is 3. The van der Waals surface area contributed by atoms with Gasteiger partial charge in [0.1, 0.15) is 28.7 Å². The summed E-state index contributed by atoms with van der Waals surface area (Å²) in [7, 11) is 3.11. The molecule has 0 saturated carbocycles. The summed E-state index contributed by atoms with van der Waals surface area (Å²) >= 11 is 0. The largest absolute Gasteiger partial charge is 0.510 e. The molecule has 39 heavy (non-hydrogen) atoms. The number of ketones is 2. The van der Waals surface area contributed by atoms with E-state index in [0.717, 1.165) is 6.42 Å². The van der Waals surface area contributed by atoms with Gasteiger partial charge in [0.15, 0.2) is 11.4 Å². The smallest absolute Gasteiger partial charge is 0.255 e. The molecule has 3 aliphatic carbocycles. The molecule has 10 nitrogen and oxygen atoms in total. The number of allylic oxidation sites excluding steroid dienone is 1. The summed E-state index contributed by atoms with van der Waals surface area (Å²) in [5.74, 6) is -7.94. The second-order valence-electron chi connectivity index (χ2n) is 11.4. The van der Waals surface area contributed by atoms with Gasteiger partial charge in [-0.05, 0) is 52.6 Å². The van der Waals surface area contributed by atoms with Crippen molar-refractivity contribution in [2.24, 2.45) is 17.6 Å². The van der Waals surface area contributed by atoms with Crippen LogP contribution in [0.1, 0.15) is 53.7 Å². The van der Waals surface area contributed by atoms with E-state index in [-0.39, 0.29) is 47.9 Å². The SMILES string of the molecule is CCC(C)N1CCc2c(O)c3c(c(F)c2C1)C[C@H]1C[C@H]2[C@H](N(C)C)C(O)=C(C(N)=O)C(=O)[C@@]2(O)C(O)=C1C3=O. The van der Waals surface area contributed by atoms with E-state index >= 15 is 4.39 Å². The number of hydrogen-bond acceptors (Lipinski definition) is 9. The van der Waals surface area contributed by atoms with E-state index in [0.29, 0.717) is 24.1 Å². The van der Waals surface area contributed by atoms with E-state index in [1.807, 2.05) is 13.8 Å². The van der Waals surface area contributed by atoms with Crippen molar-refractivity contribution >= 4 is 17.5 Å². The zero-order valence-corrected chi connectivity index (χ0v) is 22.4. The van der Waals surface area contributed by atoms with Crippen LogP contribution < -0.4 is 5.73 Å². The highest BCUT2D eigenvalue weighted by Gasteiger charge is 2.63. The summed E-state index contributed by atoms with van der Waals surface area (Å²) in [6.45, 7) is 4.96. The third kappa shape index (κ3) is 3.59. The number of rotatable bonds is 4. The lowest BCUT2D eigenvalue weighted by Crippen LogP contribution is -2.63. The van der Waals surface area contributed by atoms with Crippen LogP contribution in [0.2, 0.25) is 0 Å². The number of carbonyl (C=O) groups excluding carboxylic acids is 3. The summed E-state index contributed by atoms with van der Waals surface area (Å²) in [5.41, 5.74) is 1.93. The van der Waals surface area contributed by atoms with E-state index in [9.17, 15) is 34.8 Å². The van der Waals surface area contributed by atoms with Crippen molar-refractivity contribution in [1.82, 2.24) is 9.80 Å². The number of halogens is 1. The van der Waals surface area contributed by atoms with Crippen LogP contribution in [0.3, 0.4) is 0 Å². The Hall–Kier alpha value is -3.28. The molecule has 6 N–H and O–H groups in total. The molecule has 0 radical (unpaired) electrons. The fourth-order valence-corrected chi connectivity index (χ4v) is 7.05. The highest BCUT2D eigenvalue weighted by molar-refractivity contribution is 6.24. The molecule has 1 aromatic carbocycles. The number of Topliss-reactive ketones (excluding diaryl/α,β-unsaturated/α-hetero) is 2. The number of amides is 1. The van der Waals surface area contributed by atoms with Crippen LogP contribution in [-0.4, -0.2) is 86.0 Å². The number of aromatic hydroxyl groups is 1. The van der Waals surface area contributed by atoms with Crippen LogP contribution in [0.5, 0.6) is 5.75 Å². The van der Waals surface area contributed by atoms with Crippen molar-refractivity contribution in [3.05, 3.63) is 50.7 Å². The van der Waals surface area contributed by atoms with Crippen molar-refractivity contribution in [1.29, 1.82) is 0 Å². The monoisotopic (exact) mass is 543 g/mol. The van der Waals surface area contributed by atoms with Crippen LogP contribution in [-0.2, 0) is 29.0 Å². The number of hydrogen-bond donors (Lipinski definition) is 5. The van der Waals surface area contributed by atoms with E-state index in [4.69, 9.17) is 5.73 Å². The molecule has 0 saturated heterocycles. The lowest BCUT2D eigenvalue weighted by Gasteiger charge is -2.50. The highest BCUT2D eigenvalue weighted by Crippen LogP contribution is 2.53. The lowest BCUT2D eigenvalue weighted by molar-refractivity contribution is -0.148. The molecule has 4 aliphatic rings. The Kier molecular flexibility index (Phi) is 6.40. The molecule has 1 heterocycles. The molecular formula is C28H34FN3O7. The maximum absolute atomic E-state index is 16.1. The van der Waals surface area contributed by atoms with Gasteiger partial charge >= 0.3 is 0 Å². The number of phenols is 1. The summed E-state index contributed by atoms with van der Waals surface area (Å²) < 4.78 is 16.1. The maximum atomic E-state index is 16.1. The topological polar surface area (TPSA) is 165 Å². The number of fused-ring (bicyclic) bond motifs is 4. The molecule has 11 heteroatoms. The molecule has 210 valence electrons. The van der Waals surface area contributed by atoms with Gasteiger partial charge in [-0.3, -0.25) is 24.2 Å². The summed E-state index contributed by atoms with van der Waals surface area (Å²) in [4.78, 5) is 42.9. The van der Waals surface area contributed by atoms with Crippen molar-refractivity contribution in [3.63, 3.8) is 0 Å². The second-order valence-corrected chi connectivity index (χ2v) is 11.4. The number of carbonyl (C=O) groups is 3. The zero-order valence-electron chi connectivity index (χ0n) is 22.4. The second kappa shape index (κ2) is 9.14. The van der Waals surface area contributed by atoms with Gasteiger partial charge in [0, 0.05) is 47.3 Å². The number of nitrogens with two attached hydrogens (primary N) is 1. The third-order valence-corrected chi connectivity index (χ3v) is 9.26. The van der Waals surface area contributed by atoms with Crippen LogP contribution >= 0.6 is 0 Å². The molecular weight excluding hydrogens is 509 g/mol. The molecule has 5 atom stereocenters. The number of aliphatic hydroxyl groups excluding tert-OH is 2. The Morgan fingerprint density at radius 3 is 2.46 bits per heavy atom. The Bertz CT molecular complexity index is 1380. The fraction of sp³-hybridized carbons (Fsp3) is 0.536. The Morgan fingerprint density at radius 1 is 1.21 bits per heavy atom. The number of likely N-dealkylation sites (N-methyl/N-ethyl adjacent to an activating group) is 1. The number of benzene rings is 1. The van der Waals surface area contributed by atoms with Gasteiger partial charge in [0.05, 0.1) is 11.6 Å². The molecule has 1 unspecified atom stereocenters. The van der Waals surface area contributed by atoms with Crippen molar-refractivity contribution in [2.45, 2.75) is 63.8 Å². The van der Waals surface area contributed by atoms with Crippen molar-refractivity contribution < 1.29 is 39.2 Å². The van der Waals surface area contributed by atoms with Gasteiger partial charge in [-0.15, -0.1) is 0 Å². The van der Waals surface area contributed by atoms with Gasteiger partial charge in [0.25, 0.3) is 5.91 Å². The first-order valence-corrected chi connectivity index (χ1v) is 13.2. The normalized spacial score (nSPS) is 29.7. The molecule has 0 fully saturated rings. The third-order valence-electron chi connectivity index (χ3n) is 9.26. The number of primary amides is 1. The minimum absolute atomic E-state index is 0.0374. The Labute approximate surface area is 225 Å². The van der Waals surface area contributed by atoms with Gasteiger partial charge in [-0.2, -0.15) is 0 Å². The molecule has 1 aromatic rings. The van der Waals surface area contributed by atoms with E-state index in [1.54, 1.807) is 14.1 Å². The first kappa shape index (κ1) is 27.3. The molecule has 0 spiro atoms. The van der Waals surface area contributed by atoms with Crippen molar-refractivity contribution in [3.8, 4) is 5.75 Å². The first-order valence-electron chi connectivity index (χ1n) is 13.2. The standard InChI is InChI=1S/C28H34FN3O7/c1-5-11(2)32-7-6-13-15(10-32)20(29)14-8-12-9-16-21(31(3)4)24(35)19(27(30)38)26(37)28(16,39)25(36)17(12)23(34)18(14)22(13)33/h11-12,16,21,33,35-36,39H,5-10H2,1-4H3,(H2,30,38)/t11?,12-,16-,21-,28-/m0/s1. The van der Waals surface area contributed by atoms with Crippen molar-refractivity contribution in [2.75, 3.05) is 20.6 Å². The van der Waals surface area contributed by atoms with E-state index < -0.39 is 63.9 Å². The lowest BCUT2D eigenvalue weighted by atomic mass is 9.58. The van der Waals surface area contributed by atoms with Crippen LogP contribution in [0.25, 0.3) is 0 Å². The summed E-state index contributed by atoms with van der Waals surface area (Å²) in [6.07, 6.45) is 1.06. The van der Waals surface area contributed by atoms with E-state index in [2.05, 4.69) is 4.90 Å². The molecule has 0 bridgehead atoms. The predicted molar refractivity (Wildman–Crippen MR) is 137 cm³/mol. The molecule has 0 aromatic heterocycles. The molecule has 5 rings (SSSR count). The minimum atomic E-state index is -2.72. The highest BCUT2D eigenvalue weighted by atomic mass is 19.1. The molecule has 1 aliphatic heterocycles. The average Bonchev–Trinajstić information content (AvgIpc) is 2.88. The maximum Gasteiger partial charge on any atom is 0.255 e.